The SMILES string of the molecule is NCCOCc1csc(-c2ccccc2Br)n1. The number of halogens is 1. The Balaban J connectivity index is 2.10. The lowest BCUT2D eigenvalue weighted by atomic mass is 10.2. The van der Waals surface area contributed by atoms with Crippen molar-refractivity contribution in [2.45, 2.75) is 6.61 Å². The van der Waals surface area contributed by atoms with Gasteiger partial charge in [0.15, 0.2) is 0 Å². The number of ether oxygens (including phenoxy) is 1. The fourth-order valence-electron chi connectivity index (χ4n) is 1.39. The number of nitrogens with zero attached hydrogens (tertiary/aromatic N) is 1. The average Bonchev–Trinajstić information content (AvgIpc) is 2.79. The predicted molar refractivity (Wildman–Crippen MR) is 74.0 cm³/mol. The van der Waals surface area contributed by atoms with E-state index < -0.39 is 0 Å². The average molecular weight is 313 g/mol. The van der Waals surface area contributed by atoms with Gasteiger partial charge < -0.3 is 10.5 Å². The Morgan fingerprint density at radius 3 is 2.94 bits per heavy atom. The predicted octanol–water partition coefficient (Wildman–Crippen LogP) is 3.05. The third kappa shape index (κ3) is 3.35. The summed E-state index contributed by atoms with van der Waals surface area (Å²) in [6, 6.07) is 8.06. The molecular weight excluding hydrogens is 300 g/mol. The smallest absolute Gasteiger partial charge is 0.124 e. The van der Waals surface area contributed by atoms with Crippen LogP contribution in [0.3, 0.4) is 0 Å². The zero-order valence-electron chi connectivity index (χ0n) is 9.23. The molecule has 0 bridgehead atoms. The Hall–Kier alpha value is -0.750. The highest BCUT2D eigenvalue weighted by molar-refractivity contribution is 9.10. The lowest BCUT2D eigenvalue weighted by Gasteiger charge is -2.00. The fourth-order valence-corrected chi connectivity index (χ4v) is 2.84. The molecule has 0 aliphatic rings. The molecule has 1 heterocycles. The molecule has 0 spiro atoms. The number of benzene rings is 1. The van der Waals surface area contributed by atoms with Gasteiger partial charge in [0.05, 0.1) is 18.9 Å². The fraction of sp³-hybridized carbons (Fsp3) is 0.250. The number of aromatic nitrogens is 1. The molecule has 0 unspecified atom stereocenters. The Labute approximate surface area is 113 Å². The van der Waals surface area contributed by atoms with Gasteiger partial charge in [0, 0.05) is 22.0 Å². The van der Waals surface area contributed by atoms with Crippen LogP contribution in [0.5, 0.6) is 0 Å². The van der Waals surface area contributed by atoms with E-state index in [1.54, 1.807) is 11.3 Å². The van der Waals surface area contributed by atoms with Gasteiger partial charge in [0.1, 0.15) is 5.01 Å². The maximum absolute atomic E-state index is 5.36. The van der Waals surface area contributed by atoms with Gasteiger partial charge in [0.25, 0.3) is 0 Å². The number of thiazole rings is 1. The zero-order valence-corrected chi connectivity index (χ0v) is 11.6. The van der Waals surface area contributed by atoms with Gasteiger partial charge >= 0.3 is 0 Å². The molecule has 0 aliphatic carbocycles. The van der Waals surface area contributed by atoms with Crippen molar-refractivity contribution < 1.29 is 4.74 Å². The van der Waals surface area contributed by atoms with Crippen LogP contribution in [0.2, 0.25) is 0 Å². The first-order chi connectivity index (χ1) is 8.31. The maximum atomic E-state index is 5.36. The molecule has 1 aromatic heterocycles. The van der Waals surface area contributed by atoms with Crippen molar-refractivity contribution in [1.29, 1.82) is 0 Å². The van der Waals surface area contributed by atoms with Gasteiger partial charge in [-0.15, -0.1) is 11.3 Å². The molecule has 0 aliphatic heterocycles. The van der Waals surface area contributed by atoms with E-state index in [2.05, 4.69) is 20.9 Å². The number of hydrogen-bond donors (Lipinski definition) is 1. The molecule has 2 N–H and O–H groups in total. The van der Waals surface area contributed by atoms with Crippen LogP contribution in [0.4, 0.5) is 0 Å². The molecule has 1 aromatic carbocycles. The lowest BCUT2D eigenvalue weighted by molar-refractivity contribution is 0.126. The van der Waals surface area contributed by atoms with Crippen molar-refractivity contribution in [1.82, 2.24) is 4.98 Å². The summed E-state index contributed by atoms with van der Waals surface area (Å²) in [5.41, 5.74) is 7.43. The van der Waals surface area contributed by atoms with E-state index in [0.717, 1.165) is 20.7 Å². The molecule has 0 saturated heterocycles. The van der Waals surface area contributed by atoms with E-state index in [1.165, 1.54) is 0 Å². The van der Waals surface area contributed by atoms with E-state index in [9.17, 15) is 0 Å². The minimum atomic E-state index is 0.526. The first-order valence-electron chi connectivity index (χ1n) is 5.28. The highest BCUT2D eigenvalue weighted by Crippen LogP contribution is 2.30. The van der Waals surface area contributed by atoms with E-state index in [-0.39, 0.29) is 0 Å². The summed E-state index contributed by atoms with van der Waals surface area (Å²) in [5, 5.41) is 3.02. The van der Waals surface area contributed by atoms with Crippen molar-refractivity contribution in [3.63, 3.8) is 0 Å². The minimum Gasteiger partial charge on any atom is -0.374 e. The van der Waals surface area contributed by atoms with Gasteiger partial charge in [-0.1, -0.05) is 34.1 Å². The Bertz CT molecular complexity index is 487. The molecule has 0 amide bonds. The van der Waals surface area contributed by atoms with Gasteiger partial charge in [-0.25, -0.2) is 4.98 Å². The van der Waals surface area contributed by atoms with Gasteiger partial charge in [-0.2, -0.15) is 0 Å². The van der Waals surface area contributed by atoms with Crippen molar-refractivity contribution >= 4 is 27.3 Å². The summed E-state index contributed by atoms with van der Waals surface area (Å²) >= 11 is 5.15. The molecular formula is C12H13BrN2OS. The first kappa shape index (κ1) is 12.7. The molecule has 0 saturated carbocycles. The summed E-state index contributed by atoms with van der Waals surface area (Å²) < 4.78 is 6.41. The number of hydrogen-bond acceptors (Lipinski definition) is 4. The molecule has 0 atom stereocenters. The second-order valence-electron chi connectivity index (χ2n) is 3.47. The second-order valence-corrected chi connectivity index (χ2v) is 5.18. The van der Waals surface area contributed by atoms with Crippen LogP contribution < -0.4 is 5.73 Å². The lowest BCUT2D eigenvalue weighted by Crippen LogP contribution is -2.08. The van der Waals surface area contributed by atoms with Crippen molar-refractivity contribution in [2.24, 2.45) is 5.73 Å². The third-order valence-corrected chi connectivity index (χ3v) is 3.78. The maximum Gasteiger partial charge on any atom is 0.124 e. The molecule has 0 fully saturated rings. The van der Waals surface area contributed by atoms with Crippen LogP contribution in [-0.2, 0) is 11.3 Å². The standard InChI is InChI=1S/C12H13BrN2OS/c13-11-4-2-1-3-10(11)12-15-9(8-17-12)7-16-6-5-14/h1-4,8H,5-7,14H2. The number of rotatable bonds is 5. The topological polar surface area (TPSA) is 48.1 Å². The third-order valence-electron chi connectivity index (χ3n) is 2.17. The van der Waals surface area contributed by atoms with Gasteiger partial charge in [-0.3, -0.25) is 0 Å². The summed E-state index contributed by atoms with van der Waals surface area (Å²) in [5.74, 6) is 0. The molecule has 5 heteroatoms. The van der Waals surface area contributed by atoms with Crippen LogP contribution in [0, 0.1) is 0 Å². The van der Waals surface area contributed by atoms with Gasteiger partial charge in [-0.05, 0) is 6.07 Å². The van der Waals surface area contributed by atoms with Crippen LogP contribution in [-0.4, -0.2) is 18.1 Å². The summed E-state index contributed by atoms with van der Waals surface area (Å²) in [6.07, 6.45) is 0. The minimum absolute atomic E-state index is 0.526. The summed E-state index contributed by atoms with van der Waals surface area (Å²) in [7, 11) is 0. The quantitative estimate of drug-likeness (QED) is 0.863. The van der Waals surface area contributed by atoms with Crippen molar-refractivity contribution in [3.05, 3.63) is 39.8 Å². The monoisotopic (exact) mass is 312 g/mol. The highest BCUT2D eigenvalue weighted by atomic mass is 79.9. The second kappa shape index (κ2) is 6.26. The zero-order chi connectivity index (χ0) is 12.1. The largest absolute Gasteiger partial charge is 0.374 e. The number of nitrogens with two attached hydrogens (primary N) is 1. The molecule has 3 nitrogen and oxygen atoms in total. The molecule has 2 rings (SSSR count). The molecule has 90 valence electrons. The normalized spacial score (nSPS) is 10.7. The van der Waals surface area contributed by atoms with Crippen molar-refractivity contribution in [3.8, 4) is 10.6 Å². The van der Waals surface area contributed by atoms with E-state index in [1.807, 2.05) is 29.6 Å². The highest BCUT2D eigenvalue weighted by Gasteiger charge is 2.07. The van der Waals surface area contributed by atoms with E-state index >= 15 is 0 Å². The van der Waals surface area contributed by atoms with E-state index in [4.69, 9.17) is 10.5 Å². The molecule has 2 aromatic rings. The van der Waals surface area contributed by atoms with Crippen LogP contribution in [0.15, 0.2) is 34.1 Å². The van der Waals surface area contributed by atoms with Gasteiger partial charge in [0.2, 0.25) is 0 Å². The summed E-state index contributed by atoms with van der Waals surface area (Å²) in [4.78, 5) is 4.54. The molecule has 0 radical (unpaired) electrons. The first-order valence-corrected chi connectivity index (χ1v) is 6.95. The Morgan fingerprint density at radius 1 is 1.35 bits per heavy atom. The van der Waals surface area contributed by atoms with Crippen molar-refractivity contribution in [2.75, 3.05) is 13.2 Å². The van der Waals surface area contributed by atoms with Crippen LogP contribution in [0.25, 0.3) is 10.6 Å². The Morgan fingerprint density at radius 2 is 2.18 bits per heavy atom. The molecule has 17 heavy (non-hydrogen) atoms. The van der Waals surface area contributed by atoms with E-state index in [0.29, 0.717) is 19.8 Å². The summed E-state index contributed by atoms with van der Waals surface area (Å²) in [6.45, 7) is 1.64. The van der Waals surface area contributed by atoms with Crippen LogP contribution >= 0.6 is 27.3 Å². The Kier molecular flexibility index (Phi) is 4.67. The van der Waals surface area contributed by atoms with Crippen LogP contribution in [0.1, 0.15) is 5.69 Å².